The van der Waals surface area contributed by atoms with Crippen LogP contribution in [0.5, 0.6) is 0 Å². The summed E-state index contributed by atoms with van der Waals surface area (Å²) in [5.74, 6) is 0.255. The summed E-state index contributed by atoms with van der Waals surface area (Å²) in [6, 6.07) is 6.50. The van der Waals surface area contributed by atoms with Gasteiger partial charge in [0.15, 0.2) is 0 Å². The fraction of sp³-hybridized carbons (Fsp3) is 0.462. The summed E-state index contributed by atoms with van der Waals surface area (Å²) in [5.41, 5.74) is 4.11. The van der Waals surface area contributed by atoms with Crippen LogP contribution >= 0.6 is 0 Å². The molecule has 78 valence electrons. The largest absolute Gasteiger partial charge is 0.300 e. The Balaban J connectivity index is 0.000000292. The van der Waals surface area contributed by atoms with Crippen LogP contribution < -0.4 is 0 Å². The number of Topliss-reactive ketones (excluding diaryl/α,β-unsaturated/α-hetero) is 1. The summed E-state index contributed by atoms with van der Waals surface area (Å²) in [6.07, 6.45) is 0.667. The van der Waals surface area contributed by atoms with E-state index in [0.717, 1.165) is 0 Å². The average molecular weight is 192 g/mol. The lowest BCUT2D eigenvalue weighted by Crippen LogP contribution is -1.80. The Labute approximate surface area is 87.2 Å². The summed E-state index contributed by atoms with van der Waals surface area (Å²) < 4.78 is 0. The minimum absolute atomic E-state index is 0.255. The van der Waals surface area contributed by atoms with E-state index in [9.17, 15) is 4.79 Å². The Bertz CT molecular complexity index is 300. The predicted molar refractivity (Wildman–Crippen MR) is 61.6 cm³/mol. The van der Waals surface area contributed by atoms with Gasteiger partial charge < -0.3 is 4.79 Å². The molecule has 0 saturated carbocycles. The predicted octanol–water partition coefficient (Wildman–Crippen LogP) is 3.60. The number of carbonyl (C=O) groups is 1. The molecule has 1 aromatic rings. The molecule has 0 aliphatic carbocycles. The first-order chi connectivity index (χ1) is 6.47. The average Bonchev–Trinajstić information content (AvgIpc) is 2.13. The molecule has 0 spiro atoms. The SMILES string of the molecule is CCC(C)=O.Cc1ccc(C)c(C)c1. The van der Waals surface area contributed by atoms with E-state index in [1.165, 1.54) is 16.7 Å². The van der Waals surface area contributed by atoms with Gasteiger partial charge in [0.05, 0.1) is 0 Å². The Morgan fingerprint density at radius 2 is 1.64 bits per heavy atom. The van der Waals surface area contributed by atoms with Crippen LogP contribution in [0.15, 0.2) is 18.2 Å². The number of benzene rings is 1. The third kappa shape index (κ3) is 5.52. The molecule has 0 fully saturated rings. The van der Waals surface area contributed by atoms with Gasteiger partial charge in [0.2, 0.25) is 0 Å². The monoisotopic (exact) mass is 192 g/mol. The van der Waals surface area contributed by atoms with Gasteiger partial charge in [0.25, 0.3) is 0 Å². The van der Waals surface area contributed by atoms with Gasteiger partial charge in [-0.1, -0.05) is 30.7 Å². The summed E-state index contributed by atoms with van der Waals surface area (Å²) >= 11 is 0. The van der Waals surface area contributed by atoms with Gasteiger partial charge >= 0.3 is 0 Å². The lowest BCUT2D eigenvalue weighted by molar-refractivity contribution is -0.116. The second-order valence-corrected chi connectivity index (χ2v) is 3.64. The van der Waals surface area contributed by atoms with Crippen molar-refractivity contribution in [3.05, 3.63) is 34.9 Å². The fourth-order valence-electron chi connectivity index (χ4n) is 0.891. The van der Waals surface area contributed by atoms with Gasteiger partial charge in [-0.3, -0.25) is 0 Å². The molecule has 1 aromatic carbocycles. The molecule has 0 unspecified atom stereocenters. The lowest BCUT2D eigenvalue weighted by Gasteiger charge is -1.98. The summed E-state index contributed by atoms with van der Waals surface area (Å²) in [6.45, 7) is 9.83. The van der Waals surface area contributed by atoms with E-state index in [1.807, 2.05) is 6.92 Å². The molecule has 1 nitrogen and oxygen atoms in total. The van der Waals surface area contributed by atoms with Gasteiger partial charge in [-0.05, 0) is 38.8 Å². The van der Waals surface area contributed by atoms with E-state index >= 15 is 0 Å². The smallest absolute Gasteiger partial charge is 0.129 e. The minimum Gasteiger partial charge on any atom is -0.300 e. The summed E-state index contributed by atoms with van der Waals surface area (Å²) in [7, 11) is 0. The maximum Gasteiger partial charge on any atom is 0.129 e. The number of aryl methyl sites for hydroxylation is 3. The van der Waals surface area contributed by atoms with Crippen molar-refractivity contribution in [1.29, 1.82) is 0 Å². The van der Waals surface area contributed by atoms with Crippen molar-refractivity contribution in [2.75, 3.05) is 0 Å². The first-order valence-electron chi connectivity index (χ1n) is 5.00. The van der Waals surface area contributed by atoms with Crippen molar-refractivity contribution in [2.24, 2.45) is 0 Å². The van der Waals surface area contributed by atoms with E-state index in [-0.39, 0.29) is 5.78 Å². The molecule has 0 aliphatic heterocycles. The van der Waals surface area contributed by atoms with Crippen LogP contribution in [0.25, 0.3) is 0 Å². The van der Waals surface area contributed by atoms with Crippen molar-refractivity contribution < 1.29 is 4.79 Å². The van der Waals surface area contributed by atoms with Crippen LogP contribution in [0, 0.1) is 20.8 Å². The normalized spacial score (nSPS) is 8.93. The molecule has 1 rings (SSSR count). The van der Waals surface area contributed by atoms with Crippen molar-refractivity contribution in [2.45, 2.75) is 41.0 Å². The molecule has 0 heterocycles. The van der Waals surface area contributed by atoms with Crippen LogP contribution in [0.4, 0.5) is 0 Å². The highest BCUT2D eigenvalue weighted by atomic mass is 16.1. The van der Waals surface area contributed by atoms with Gasteiger partial charge in [0.1, 0.15) is 5.78 Å². The molecule has 0 N–H and O–H groups in total. The second kappa shape index (κ2) is 6.36. The van der Waals surface area contributed by atoms with E-state index < -0.39 is 0 Å². The Kier molecular flexibility index (Phi) is 5.86. The minimum atomic E-state index is 0.255. The quantitative estimate of drug-likeness (QED) is 0.664. The Morgan fingerprint density at radius 1 is 1.14 bits per heavy atom. The number of carbonyl (C=O) groups excluding carboxylic acids is 1. The zero-order chi connectivity index (χ0) is 11.1. The van der Waals surface area contributed by atoms with Gasteiger partial charge in [-0.15, -0.1) is 0 Å². The van der Waals surface area contributed by atoms with Crippen molar-refractivity contribution in [3.63, 3.8) is 0 Å². The second-order valence-electron chi connectivity index (χ2n) is 3.64. The maximum absolute atomic E-state index is 9.81. The molecule has 0 atom stereocenters. The van der Waals surface area contributed by atoms with Crippen molar-refractivity contribution in [1.82, 2.24) is 0 Å². The maximum atomic E-state index is 9.81. The molecule has 14 heavy (non-hydrogen) atoms. The molecule has 0 aliphatic rings. The molecule has 0 bridgehead atoms. The van der Waals surface area contributed by atoms with E-state index in [1.54, 1.807) is 6.92 Å². The Morgan fingerprint density at radius 3 is 1.93 bits per heavy atom. The van der Waals surface area contributed by atoms with Gasteiger partial charge in [0, 0.05) is 6.42 Å². The molecule has 0 radical (unpaired) electrons. The number of hydrogen-bond acceptors (Lipinski definition) is 1. The first-order valence-corrected chi connectivity index (χ1v) is 5.00. The standard InChI is InChI=1S/C9H12.C4H8O/c1-7-4-5-8(2)9(3)6-7;1-3-4(2)5/h4-6H,1-3H3;3H2,1-2H3. The van der Waals surface area contributed by atoms with Crippen LogP contribution in [-0.2, 0) is 4.79 Å². The van der Waals surface area contributed by atoms with E-state index in [4.69, 9.17) is 0 Å². The zero-order valence-corrected chi connectivity index (χ0v) is 9.85. The van der Waals surface area contributed by atoms with Crippen molar-refractivity contribution >= 4 is 5.78 Å². The summed E-state index contributed by atoms with van der Waals surface area (Å²) in [5, 5.41) is 0. The highest BCUT2D eigenvalue weighted by Gasteiger charge is 1.89. The molecular weight excluding hydrogens is 172 g/mol. The number of rotatable bonds is 1. The number of ketones is 1. The van der Waals surface area contributed by atoms with Crippen LogP contribution in [0.1, 0.15) is 37.0 Å². The highest BCUT2D eigenvalue weighted by Crippen LogP contribution is 2.07. The fourth-order valence-corrected chi connectivity index (χ4v) is 0.891. The van der Waals surface area contributed by atoms with E-state index in [2.05, 4.69) is 39.0 Å². The van der Waals surface area contributed by atoms with Gasteiger partial charge in [-0.25, -0.2) is 0 Å². The third-order valence-corrected chi connectivity index (χ3v) is 2.16. The molecule has 0 amide bonds. The third-order valence-electron chi connectivity index (χ3n) is 2.16. The van der Waals surface area contributed by atoms with Crippen LogP contribution in [-0.4, -0.2) is 5.78 Å². The highest BCUT2D eigenvalue weighted by molar-refractivity contribution is 5.74. The van der Waals surface area contributed by atoms with Crippen LogP contribution in [0.3, 0.4) is 0 Å². The summed E-state index contributed by atoms with van der Waals surface area (Å²) in [4.78, 5) is 9.81. The molecule has 0 aromatic heterocycles. The van der Waals surface area contributed by atoms with Gasteiger partial charge in [-0.2, -0.15) is 0 Å². The lowest BCUT2D eigenvalue weighted by atomic mass is 10.1. The first kappa shape index (κ1) is 12.9. The number of hydrogen-bond donors (Lipinski definition) is 0. The zero-order valence-electron chi connectivity index (χ0n) is 9.85. The Hall–Kier alpha value is -1.11. The van der Waals surface area contributed by atoms with Crippen molar-refractivity contribution in [3.8, 4) is 0 Å². The topological polar surface area (TPSA) is 17.1 Å². The molecular formula is C13H20O. The van der Waals surface area contributed by atoms with E-state index in [0.29, 0.717) is 6.42 Å². The molecule has 1 heteroatoms. The molecule has 0 saturated heterocycles. The van der Waals surface area contributed by atoms with Crippen LogP contribution in [0.2, 0.25) is 0 Å².